The molecule has 2 aromatic rings. The predicted octanol–water partition coefficient (Wildman–Crippen LogP) is 1.28. The highest BCUT2D eigenvalue weighted by Crippen LogP contribution is 2.16. The van der Waals surface area contributed by atoms with E-state index >= 15 is 0 Å². The lowest BCUT2D eigenvalue weighted by Gasteiger charge is -2.10. The number of nitrogens with one attached hydrogen (secondary N) is 2. The van der Waals surface area contributed by atoms with E-state index < -0.39 is 0 Å². The highest BCUT2D eigenvalue weighted by Gasteiger charge is 2.14. The number of hydrogen-bond donors (Lipinski definition) is 2. The minimum Gasteiger partial charge on any atom is -0.355 e. The molecule has 7 nitrogen and oxygen atoms in total. The summed E-state index contributed by atoms with van der Waals surface area (Å²) in [5.41, 5.74) is 1.88. The molecule has 0 aliphatic heterocycles. The van der Waals surface area contributed by atoms with Crippen molar-refractivity contribution in [3.63, 3.8) is 0 Å². The molecule has 0 bridgehead atoms. The van der Waals surface area contributed by atoms with Crippen LogP contribution in [0.1, 0.15) is 16.1 Å². The van der Waals surface area contributed by atoms with Gasteiger partial charge in [0.15, 0.2) is 5.82 Å². The molecule has 0 saturated heterocycles. The van der Waals surface area contributed by atoms with Gasteiger partial charge in [0, 0.05) is 44.4 Å². The van der Waals surface area contributed by atoms with E-state index in [-0.39, 0.29) is 11.8 Å². The molecule has 0 spiro atoms. The number of rotatable bonds is 8. The van der Waals surface area contributed by atoms with Crippen LogP contribution in [0.25, 0.3) is 11.4 Å². The Kier molecular flexibility index (Phi) is 7.63. The van der Waals surface area contributed by atoms with Crippen LogP contribution in [0.5, 0.6) is 0 Å². The zero-order valence-electron chi connectivity index (χ0n) is 15.9. The van der Waals surface area contributed by atoms with E-state index in [9.17, 15) is 9.59 Å². The average Bonchev–Trinajstić information content (AvgIpc) is 2.67. The highest BCUT2D eigenvalue weighted by molar-refractivity contribution is 5.95. The third-order valence-electron chi connectivity index (χ3n) is 3.77. The van der Waals surface area contributed by atoms with E-state index in [2.05, 4.69) is 20.6 Å². The quantitative estimate of drug-likeness (QED) is 0.687. The van der Waals surface area contributed by atoms with Crippen molar-refractivity contribution < 1.29 is 9.59 Å². The molecule has 2 rings (SSSR count). The Morgan fingerprint density at radius 2 is 1.93 bits per heavy atom. The third-order valence-corrected chi connectivity index (χ3v) is 3.77. The molecule has 0 atom stereocenters. The largest absolute Gasteiger partial charge is 0.355 e. The van der Waals surface area contributed by atoms with Gasteiger partial charge in [-0.3, -0.25) is 9.59 Å². The molecule has 27 heavy (non-hydrogen) atoms. The monoisotopic (exact) mass is 367 g/mol. The number of aromatic nitrogens is 2. The summed E-state index contributed by atoms with van der Waals surface area (Å²) >= 11 is 0. The molecular formula is C20H25N5O2. The Bertz CT molecular complexity index is 803. The fourth-order valence-corrected chi connectivity index (χ4v) is 2.39. The van der Waals surface area contributed by atoms with Gasteiger partial charge in [-0.1, -0.05) is 36.4 Å². The molecule has 1 aromatic heterocycles. The molecule has 1 aromatic carbocycles. The van der Waals surface area contributed by atoms with E-state index in [0.717, 1.165) is 5.56 Å². The van der Waals surface area contributed by atoms with Crippen LogP contribution in [0.15, 0.2) is 48.7 Å². The van der Waals surface area contributed by atoms with Crippen molar-refractivity contribution in [2.24, 2.45) is 0 Å². The van der Waals surface area contributed by atoms with Crippen LogP contribution in [-0.2, 0) is 11.2 Å². The van der Waals surface area contributed by atoms with E-state index in [1.54, 1.807) is 13.1 Å². The van der Waals surface area contributed by atoms with E-state index in [1.807, 2.05) is 49.3 Å². The van der Waals surface area contributed by atoms with Crippen molar-refractivity contribution in [1.82, 2.24) is 25.5 Å². The Morgan fingerprint density at radius 1 is 1.19 bits per heavy atom. The fourth-order valence-electron chi connectivity index (χ4n) is 2.39. The van der Waals surface area contributed by atoms with Crippen molar-refractivity contribution in [3.8, 4) is 11.4 Å². The lowest BCUT2D eigenvalue weighted by atomic mass is 10.1. The van der Waals surface area contributed by atoms with Crippen LogP contribution in [0.4, 0.5) is 0 Å². The summed E-state index contributed by atoms with van der Waals surface area (Å²) in [6, 6.07) is 9.56. The summed E-state index contributed by atoms with van der Waals surface area (Å²) in [6.07, 6.45) is 5.26. The average molecular weight is 367 g/mol. The molecule has 2 amide bonds. The smallest absolute Gasteiger partial charge is 0.254 e. The van der Waals surface area contributed by atoms with Gasteiger partial charge in [-0.25, -0.2) is 9.97 Å². The Balaban J connectivity index is 2.09. The molecule has 0 radical (unpaired) electrons. The number of likely N-dealkylation sites (N-methyl/N-ethyl adjacent to an activating group) is 1. The van der Waals surface area contributed by atoms with Crippen LogP contribution in [-0.4, -0.2) is 60.9 Å². The third kappa shape index (κ3) is 6.31. The Morgan fingerprint density at radius 3 is 2.59 bits per heavy atom. The van der Waals surface area contributed by atoms with Gasteiger partial charge in [0.2, 0.25) is 5.91 Å². The first kappa shape index (κ1) is 20.3. The van der Waals surface area contributed by atoms with E-state index in [4.69, 9.17) is 0 Å². The maximum absolute atomic E-state index is 12.1. The lowest BCUT2D eigenvalue weighted by molar-refractivity contribution is -0.116. The molecule has 142 valence electrons. The first-order valence-corrected chi connectivity index (χ1v) is 8.73. The number of hydrogen-bond acceptors (Lipinski definition) is 5. The molecule has 0 saturated carbocycles. The first-order valence-electron chi connectivity index (χ1n) is 8.73. The molecule has 0 fully saturated rings. The molecule has 7 heteroatoms. The minimum atomic E-state index is -0.248. The zero-order chi connectivity index (χ0) is 19.6. The van der Waals surface area contributed by atoms with E-state index in [1.165, 1.54) is 12.3 Å². The van der Waals surface area contributed by atoms with Gasteiger partial charge < -0.3 is 15.5 Å². The molecular weight excluding hydrogens is 342 g/mol. The molecule has 2 N–H and O–H groups in total. The van der Waals surface area contributed by atoms with Gasteiger partial charge in [0.1, 0.15) is 0 Å². The van der Waals surface area contributed by atoms with Crippen LogP contribution >= 0.6 is 0 Å². The predicted molar refractivity (Wildman–Crippen MR) is 105 cm³/mol. The first-order chi connectivity index (χ1) is 13.0. The van der Waals surface area contributed by atoms with Crippen LogP contribution < -0.4 is 10.6 Å². The Hall–Kier alpha value is -3.06. The number of carbonyl (C=O) groups is 2. The van der Waals surface area contributed by atoms with Crippen molar-refractivity contribution in [2.75, 3.05) is 34.2 Å². The van der Waals surface area contributed by atoms with Crippen LogP contribution in [0, 0.1) is 0 Å². The van der Waals surface area contributed by atoms with Crippen molar-refractivity contribution in [3.05, 3.63) is 59.9 Å². The minimum absolute atomic E-state index is 0.171. The van der Waals surface area contributed by atoms with Gasteiger partial charge in [-0.15, -0.1) is 0 Å². The van der Waals surface area contributed by atoms with Crippen LogP contribution in [0.2, 0.25) is 0 Å². The van der Waals surface area contributed by atoms with Gasteiger partial charge in [0.25, 0.3) is 5.91 Å². The fraction of sp³-hybridized carbons (Fsp3) is 0.300. The van der Waals surface area contributed by atoms with Gasteiger partial charge in [-0.05, 0) is 14.1 Å². The highest BCUT2D eigenvalue weighted by atomic mass is 16.2. The number of carbonyl (C=O) groups excluding carboxylic acids is 2. The number of amides is 2. The van der Waals surface area contributed by atoms with Gasteiger partial charge >= 0.3 is 0 Å². The second-order valence-electron chi connectivity index (χ2n) is 6.20. The molecule has 0 unspecified atom stereocenters. The number of benzene rings is 1. The van der Waals surface area contributed by atoms with Crippen LogP contribution in [0.3, 0.4) is 0 Å². The molecule has 0 aliphatic rings. The summed E-state index contributed by atoms with van der Waals surface area (Å²) in [7, 11) is 5.43. The van der Waals surface area contributed by atoms with Gasteiger partial charge in [0.05, 0.1) is 11.3 Å². The molecule has 0 aliphatic carbocycles. The lowest BCUT2D eigenvalue weighted by Crippen LogP contribution is -2.26. The Labute approximate surface area is 159 Å². The zero-order valence-corrected chi connectivity index (χ0v) is 15.9. The SMILES string of the molecule is CNC(=O)c1cnc(-c2ccccc2)nc1CCNC(=O)/C=C/CN(C)C. The summed E-state index contributed by atoms with van der Waals surface area (Å²) in [5, 5.41) is 5.41. The van der Waals surface area contributed by atoms with Gasteiger partial charge in [-0.2, -0.15) is 0 Å². The standard InChI is InChI=1S/C20H25N5O2/c1-21-20(27)16-14-23-19(15-8-5-4-6-9-15)24-17(16)11-12-22-18(26)10-7-13-25(2)3/h4-10,14H,11-13H2,1-3H3,(H,21,27)(H,22,26)/b10-7+. The van der Waals surface area contributed by atoms with Crippen molar-refractivity contribution in [2.45, 2.75) is 6.42 Å². The van der Waals surface area contributed by atoms with Crippen molar-refractivity contribution in [1.29, 1.82) is 0 Å². The van der Waals surface area contributed by atoms with Crippen molar-refractivity contribution >= 4 is 11.8 Å². The normalized spacial score (nSPS) is 11.0. The maximum atomic E-state index is 12.1. The second kappa shape index (κ2) is 10.2. The topological polar surface area (TPSA) is 87.2 Å². The summed E-state index contributed by atoms with van der Waals surface area (Å²) in [6.45, 7) is 1.07. The number of nitrogens with zero attached hydrogens (tertiary/aromatic N) is 3. The summed E-state index contributed by atoms with van der Waals surface area (Å²) in [5.74, 6) is 0.132. The summed E-state index contributed by atoms with van der Waals surface area (Å²) < 4.78 is 0. The summed E-state index contributed by atoms with van der Waals surface area (Å²) in [4.78, 5) is 34.8. The second-order valence-corrected chi connectivity index (χ2v) is 6.20. The maximum Gasteiger partial charge on any atom is 0.254 e. The molecule has 1 heterocycles. The van der Waals surface area contributed by atoms with E-state index in [0.29, 0.717) is 36.6 Å².